The monoisotopic (exact) mass is 334 g/mol. The molecule has 2 aromatic rings. The third-order valence-electron chi connectivity index (χ3n) is 3.68. The van der Waals surface area contributed by atoms with Gasteiger partial charge in [0.25, 0.3) is 5.91 Å². The van der Waals surface area contributed by atoms with Crippen molar-refractivity contribution in [2.45, 2.75) is 20.3 Å². The van der Waals surface area contributed by atoms with E-state index in [1.807, 2.05) is 32.0 Å². The maximum atomic E-state index is 11.8. The van der Waals surface area contributed by atoms with Gasteiger partial charge in [-0.1, -0.05) is 18.3 Å². The quantitative estimate of drug-likeness (QED) is 0.822. The molecule has 1 aliphatic carbocycles. The van der Waals surface area contributed by atoms with Crippen LogP contribution in [0.1, 0.15) is 20.3 Å². The first-order valence-electron chi connectivity index (χ1n) is 7.56. The van der Waals surface area contributed by atoms with Crippen LogP contribution in [0.15, 0.2) is 18.2 Å². The molecular formula is C16H18N2O4S. The highest BCUT2D eigenvalue weighted by molar-refractivity contribution is 7.22. The Labute approximate surface area is 137 Å². The normalized spacial score (nSPS) is 19.4. The zero-order valence-electron chi connectivity index (χ0n) is 13.0. The molecule has 1 N–H and O–H groups in total. The molecule has 23 heavy (non-hydrogen) atoms. The summed E-state index contributed by atoms with van der Waals surface area (Å²) in [5.74, 6) is 0.430. The fourth-order valence-electron chi connectivity index (χ4n) is 2.26. The van der Waals surface area contributed by atoms with Crippen LogP contribution in [-0.2, 0) is 14.3 Å². The zero-order valence-corrected chi connectivity index (χ0v) is 13.8. The minimum Gasteiger partial charge on any atom is -0.494 e. The average molecular weight is 334 g/mol. The second kappa shape index (κ2) is 6.54. The van der Waals surface area contributed by atoms with Gasteiger partial charge in [-0.2, -0.15) is 0 Å². The number of rotatable bonds is 6. The Morgan fingerprint density at radius 3 is 2.91 bits per heavy atom. The van der Waals surface area contributed by atoms with E-state index in [0.717, 1.165) is 22.4 Å². The molecule has 7 heteroatoms. The Morgan fingerprint density at radius 1 is 1.43 bits per heavy atom. The topological polar surface area (TPSA) is 77.5 Å². The van der Waals surface area contributed by atoms with Gasteiger partial charge in [0, 0.05) is 0 Å². The first-order chi connectivity index (χ1) is 11.1. The largest absolute Gasteiger partial charge is 0.494 e. The van der Waals surface area contributed by atoms with Gasteiger partial charge in [0.05, 0.1) is 22.7 Å². The van der Waals surface area contributed by atoms with E-state index < -0.39 is 0 Å². The molecule has 0 saturated heterocycles. The number of thiazole rings is 1. The molecule has 0 spiro atoms. The van der Waals surface area contributed by atoms with Gasteiger partial charge in [0.2, 0.25) is 0 Å². The lowest BCUT2D eigenvalue weighted by molar-refractivity contribution is -0.148. The molecular weight excluding hydrogens is 316 g/mol. The van der Waals surface area contributed by atoms with Crippen molar-refractivity contribution in [2.75, 3.05) is 18.5 Å². The van der Waals surface area contributed by atoms with Crippen LogP contribution < -0.4 is 10.1 Å². The number of fused-ring (bicyclic) bond motifs is 1. The Balaban J connectivity index is 1.57. The summed E-state index contributed by atoms with van der Waals surface area (Å²) in [5.41, 5.74) is 0.789. The molecule has 1 aliphatic rings. The lowest BCUT2D eigenvalue weighted by atomic mass is 10.3. The van der Waals surface area contributed by atoms with Gasteiger partial charge in [0.1, 0.15) is 5.75 Å². The fraction of sp³-hybridized carbons (Fsp3) is 0.438. The van der Waals surface area contributed by atoms with Crippen molar-refractivity contribution in [1.82, 2.24) is 4.98 Å². The maximum absolute atomic E-state index is 11.8. The minimum absolute atomic E-state index is 0.0396. The van der Waals surface area contributed by atoms with E-state index in [1.165, 1.54) is 11.3 Å². The molecule has 0 radical (unpaired) electrons. The Bertz CT molecular complexity index is 743. The Kier molecular flexibility index (Phi) is 4.47. The number of anilines is 1. The number of benzene rings is 1. The highest BCUT2D eigenvalue weighted by atomic mass is 32.1. The highest BCUT2D eigenvalue weighted by Gasteiger charge is 2.40. The van der Waals surface area contributed by atoms with Gasteiger partial charge in [-0.3, -0.25) is 14.9 Å². The van der Waals surface area contributed by atoms with E-state index in [2.05, 4.69) is 10.3 Å². The Morgan fingerprint density at radius 2 is 2.22 bits per heavy atom. The van der Waals surface area contributed by atoms with Gasteiger partial charge in [-0.15, -0.1) is 0 Å². The number of esters is 1. The molecule has 2 atom stereocenters. The number of nitrogens with one attached hydrogen (secondary N) is 1. The molecule has 1 saturated carbocycles. The van der Waals surface area contributed by atoms with Gasteiger partial charge in [-0.05, 0) is 37.5 Å². The fourth-order valence-corrected chi connectivity index (χ4v) is 3.17. The molecule has 0 bridgehead atoms. The summed E-state index contributed by atoms with van der Waals surface area (Å²) in [6.45, 7) is 4.23. The lowest BCUT2D eigenvalue weighted by Crippen LogP contribution is -2.21. The molecule has 122 valence electrons. The van der Waals surface area contributed by atoms with Crippen LogP contribution in [-0.4, -0.2) is 30.1 Å². The minimum atomic E-state index is -0.379. The van der Waals surface area contributed by atoms with Crippen LogP contribution in [0.25, 0.3) is 10.2 Å². The number of carbonyl (C=O) groups excluding carboxylic acids is 2. The molecule has 6 nitrogen and oxygen atoms in total. The number of nitrogens with zero attached hydrogens (tertiary/aromatic N) is 1. The summed E-state index contributed by atoms with van der Waals surface area (Å²) < 4.78 is 11.4. The van der Waals surface area contributed by atoms with Crippen molar-refractivity contribution < 1.29 is 19.1 Å². The summed E-state index contributed by atoms with van der Waals surface area (Å²) in [6, 6.07) is 5.58. The van der Waals surface area contributed by atoms with Crippen LogP contribution in [0.4, 0.5) is 5.13 Å². The summed E-state index contributed by atoms with van der Waals surface area (Å²) in [7, 11) is 0. The van der Waals surface area contributed by atoms with Crippen LogP contribution in [0, 0.1) is 11.8 Å². The molecule has 1 amide bonds. The predicted molar refractivity (Wildman–Crippen MR) is 87.6 cm³/mol. The van der Waals surface area contributed by atoms with Gasteiger partial charge in [-0.25, -0.2) is 4.98 Å². The third kappa shape index (κ3) is 3.79. The van der Waals surface area contributed by atoms with Crippen molar-refractivity contribution in [3.05, 3.63) is 18.2 Å². The SMILES string of the molecule is CCOc1ccc2nc(NC(=O)COC(=O)[C@H]3C[C@H]3C)sc2c1. The van der Waals surface area contributed by atoms with Gasteiger partial charge >= 0.3 is 5.97 Å². The number of hydrogen-bond acceptors (Lipinski definition) is 6. The summed E-state index contributed by atoms with van der Waals surface area (Å²) >= 11 is 1.36. The molecule has 1 aromatic heterocycles. The molecule has 1 aromatic carbocycles. The average Bonchev–Trinajstić information content (AvgIpc) is 3.11. The first kappa shape index (κ1) is 15.7. The van der Waals surface area contributed by atoms with Crippen LogP contribution in [0.2, 0.25) is 0 Å². The molecule has 3 rings (SSSR count). The number of aromatic nitrogens is 1. The van der Waals surface area contributed by atoms with Crippen molar-refractivity contribution >= 4 is 38.6 Å². The molecule has 0 unspecified atom stereocenters. The number of amides is 1. The molecule has 1 fully saturated rings. The van der Waals surface area contributed by atoms with Gasteiger partial charge in [0.15, 0.2) is 11.7 Å². The number of ether oxygens (including phenoxy) is 2. The maximum Gasteiger partial charge on any atom is 0.309 e. The van der Waals surface area contributed by atoms with Crippen molar-refractivity contribution in [3.63, 3.8) is 0 Å². The van der Waals surface area contributed by atoms with Crippen LogP contribution >= 0.6 is 11.3 Å². The summed E-state index contributed by atoms with van der Waals surface area (Å²) in [4.78, 5) is 27.8. The van der Waals surface area contributed by atoms with E-state index in [4.69, 9.17) is 9.47 Å². The highest BCUT2D eigenvalue weighted by Crippen LogP contribution is 2.38. The molecule has 1 heterocycles. The van der Waals surface area contributed by atoms with E-state index in [9.17, 15) is 9.59 Å². The third-order valence-corrected chi connectivity index (χ3v) is 4.61. The molecule has 0 aliphatic heterocycles. The predicted octanol–water partition coefficient (Wildman–Crippen LogP) is 2.83. The Hall–Kier alpha value is -2.15. The van der Waals surface area contributed by atoms with Crippen LogP contribution in [0.3, 0.4) is 0 Å². The van der Waals surface area contributed by atoms with E-state index in [0.29, 0.717) is 17.7 Å². The van der Waals surface area contributed by atoms with Crippen molar-refractivity contribution in [3.8, 4) is 5.75 Å². The van der Waals surface area contributed by atoms with Crippen molar-refractivity contribution in [2.24, 2.45) is 11.8 Å². The van der Waals surface area contributed by atoms with Crippen LogP contribution in [0.5, 0.6) is 5.75 Å². The lowest BCUT2D eigenvalue weighted by Gasteiger charge is -2.03. The smallest absolute Gasteiger partial charge is 0.309 e. The summed E-state index contributed by atoms with van der Waals surface area (Å²) in [5, 5.41) is 3.14. The van der Waals surface area contributed by atoms with E-state index >= 15 is 0 Å². The first-order valence-corrected chi connectivity index (χ1v) is 8.38. The second-order valence-electron chi connectivity index (χ2n) is 5.56. The number of hydrogen-bond donors (Lipinski definition) is 1. The van der Waals surface area contributed by atoms with E-state index in [1.54, 1.807) is 0 Å². The van der Waals surface area contributed by atoms with E-state index in [-0.39, 0.29) is 24.4 Å². The standard InChI is InChI=1S/C16H18N2O4S/c1-3-21-10-4-5-12-13(7-10)23-16(17-12)18-14(19)8-22-15(20)11-6-9(11)2/h4-5,7,9,11H,3,6,8H2,1-2H3,(H,17,18,19)/t9-,11+/m1/s1. The summed E-state index contributed by atoms with van der Waals surface area (Å²) in [6.07, 6.45) is 0.848. The van der Waals surface area contributed by atoms with Gasteiger partial charge < -0.3 is 9.47 Å². The number of carbonyl (C=O) groups is 2. The second-order valence-corrected chi connectivity index (χ2v) is 6.59. The van der Waals surface area contributed by atoms with Crippen molar-refractivity contribution in [1.29, 1.82) is 0 Å². The zero-order chi connectivity index (χ0) is 16.4.